The average molecular weight is 378 g/mol. The van der Waals surface area contributed by atoms with Crippen molar-refractivity contribution in [1.29, 1.82) is 0 Å². The Bertz CT molecular complexity index is 1010. The van der Waals surface area contributed by atoms with Gasteiger partial charge in [-0.05, 0) is 43.2 Å². The summed E-state index contributed by atoms with van der Waals surface area (Å²) in [6.45, 7) is 1.89. The third-order valence-electron chi connectivity index (χ3n) is 4.05. The highest BCUT2D eigenvalue weighted by Crippen LogP contribution is 2.13. The first-order valence-electron chi connectivity index (χ1n) is 8.75. The zero-order valence-corrected chi connectivity index (χ0v) is 15.3. The van der Waals surface area contributed by atoms with Gasteiger partial charge in [0.2, 0.25) is 5.95 Å². The summed E-state index contributed by atoms with van der Waals surface area (Å²) in [7, 11) is 0. The molecule has 0 saturated carbocycles. The van der Waals surface area contributed by atoms with Crippen molar-refractivity contribution in [3.05, 3.63) is 83.4 Å². The van der Waals surface area contributed by atoms with E-state index >= 15 is 0 Å². The van der Waals surface area contributed by atoms with E-state index in [4.69, 9.17) is 0 Å². The van der Waals surface area contributed by atoms with E-state index in [1.165, 1.54) is 25.3 Å². The molecule has 2 N–H and O–H groups in total. The number of carbonyl (C=O) groups is 2. The summed E-state index contributed by atoms with van der Waals surface area (Å²) in [5.41, 5.74) is 1.78. The van der Waals surface area contributed by atoms with Crippen molar-refractivity contribution in [3.8, 4) is 0 Å². The minimum Gasteiger partial charge on any atom is -0.354 e. The van der Waals surface area contributed by atoms with Gasteiger partial charge in [-0.2, -0.15) is 0 Å². The first-order valence-corrected chi connectivity index (χ1v) is 8.75. The number of halogens is 1. The second-order valence-corrected chi connectivity index (χ2v) is 6.12. The van der Waals surface area contributed by atoms with Crippen molar-refractivity contribution in [3.63, 3.8) is 0 Å². The number of anilines is 2. The van der Waals surface area contributed by atoms with Gasteiger partial charge in [0.1, 0.15) is 11.5 Å². The van der Waals surface area contributed by atoms with Gasteiger partial charge in [0.05, 0.1) is 0 Å². The second kappa shape index (κ2) is 8.85. The summed E-state index contributed by atoms with van der Waals surface area (Å²) >= 11 is 0. The number of ketones is 1. The molecule has 0 unspecified atom stereocenters. The standard InChI is InChI=1S/C21H19FN4O2/c1-14(27)16-6-4-7-17(13-16)25-20(28)19-10-12-24-21(26-19)23-11-9-15-5-2-3-8-18(15)22/h2-8,10,12-13H,9,11H2,1H3,(H,25,28)(H,23,24,26). The molecule has 142 valence electrons. The van der Waals surface area contributed by atoms with Gasteiger partial charge in [-0.3, -0.25) is 9.59 Å². The molecule has 2 aromatic carbocycles. The maximum Gasteiger partial charge on any atom is 0.274 e. The van der Waals surface area contributed by atoms with Gasteiger partial charge in [0, 0.05) is 24.0 Å². The molecule has 1 amide bonds. The smallest absolute Gasteiger partial charge is 0.274 e. The van der Waals surface area contributed by atoms with E-state index in [9.17, 15) is 14.0 Å². The molecule has 1 aromatic heterocycles. The Balaban J connectivity index is 1.62. The van der Waals surface area contributed by atoms with E-state index in [2.05, 4.69) is 20.6 Å². The number of carbonyl (C=O) groups excluding carboxylic acids is 2. The summed E-state index contributed by atoms with van der Waals surface area (Å²) in [6.07, 6.45) is 1.93. The normalized spacial score (nSPS) is 10.4. The van der Waals surface area contributed by atoms with Gasteiger partial charge in [0.25, 0.3) is 5.91 Å². The van der Waals surface area contributed by atoms with E-state index in [1.54, 1.807) is 42.5 Å². The molecule has 0 bridgehead atoms. The minimum atomic E-state index is -0.416. The summed E-state index contributed by atoms with van der Waals surface area (Å²) < 4.78 is 13.6. The molecule has 7 heteroatoms. The SMILES string of the molecule is CC(=O)c1cccc(NC(=O)c2ccnc(NCCc3ccccc3F)n2)c1. The molecule has 0 aliphatic heterocycles. The van der Waals surface area contributed by atoms with Crippen molar-refractivity contribution in [2.75, 3.05) is 17.2 Å². The number of hydrogen-bond donors (Lipinski definition) is 2. The predicted molar refractivity (Wildman–Crippen MR) is 105 cm³/mol. The Labute approximate surface area is 161 Å². The molecule has 0 radical (unpaired) electrons. The van der Waals surface area contributed by atoms with E-state index in [0.717, 1.165) is 0 Å². The van der Waals surface area contributed by atoms with E-state index < -0.39 is 5.91 Å². The third-order valence-corrected chi connectivity index (χ3v) is 4.05. The summed E-state index contributed by atoms with van der Waals surface area (Å²) in [5.74, 6) is -0.479. The van der Waals surface area contributed by atoms with E-state index in [-0.39, 0.29) is 23.2 Å². The fraction of sp³-hybridized carbons (Fsp3) is 0.143. The average Bonchev–Trinajstić information content (AvgIpc) is 2.70. The summed E-state index contributed by atoms with van der Waals surface area (Å²) in [5, 5.41) is 5.70. The van der Waals surface area contributed by atoms with E-state index in [0.29, 0.717) is 29.8 Å². The van der Waals surface area contributed by atoms with Gasteiger partial charge in [-0.1, -0.05) is 30.3 Å². The molecule has 1 heterocycles. The Morgan fingerprint density at radius 3 is 2.68 bits per heavy atom. The monoisotopic (exact) mass is 378 g/mol. The highest BCUT2D eigenvalue weighted by Gasteiger charge is 2.10. The number of aromatic nitrogens is 2. The third kappa shape index (κ3) is 4.97. The molecule has 0 aliphatic rings. The molecule has 0 fully saturated rings. The molecule has 0 atom stereocenters. The number of nitrogens with zero attached hydrogens (tertiary/aromatic N) is 2. The van der Waals surface area contributed by atoms with Gasteiger partial charge in [-0.25, -0.2) is 14.4 Å². The summed E-state index contributed by atoms with van der Waals surface area (Å²) in [6, 6.07) is 14.7. The maximum atomic E-state index is 13.6. The fourth-order valence-corrected chi connectivity index (χ4v) is 2.59. The Morgan fingerprint density at radius 1 is 1.07 bits per heavy atom. The van der Waals surface area contributed by atoms with Crippen LogP contribution in [0.3, 0.4) is 0 Å². The van der Waals surface area contributed by atoms with Gasteiger partial charge in [0.15, 0.2) is 5.78 Å². The van der Waals surface area contributed by atoms with Crippen LogP contribution in [0.15, 0.2) is 60.8 Å². The van der Waals surface area contributed by atoms with Crippen molar-refractivity contribution in [2.24, 2.45) is 0 Å². The largest absolute Gasteiger partial charge is 0.354 e. The quantitative estimate of drug-likeness (QED) is 0.612. The molecule has 3 rings (SSSR count). The molecule has 0 spiro atoms. The summed E-state index contributed by atoms with van der Waals surface area (Å²) in [4.78, 5) is 32.1. The zero-order valence-electron chi connectivity index (χ0n) is 15.3. The van der Waals surface area contributed by atoms with Gasteiger partial charge in [-0.15, -0.1) is 0 Å². The molecule has 3 aromatic rings. The Hall–Kier alpha value is -3.61. The molecular weight excluding hydrogens is 359 g/mol. The van der Waals surface area contributed by atoms with Crippen LogP contribution in [-0.4, -0.2) is 28.2 Å². The number of rotatable bonds is 7. The number of Topliss-reactive ketones (excluding diaryl/α,β-unsaturated/α-hetero) is 1. The lowest BCUT2D eigenvalue weighted by atomic mass is 10.1. The number of hydrogen-bond acceptors (Lipinski definition) is 5. The lowest BCUT2D eigenvalue weighted by Gasteiger charge is -2.08. The topological polar surface area (TPSA) is 84.0 Å². The van der Waals surface area contributed by atoms with Crippen LogP contribution in [0.25, 0.3) is 0 Å². The Kier molecular flexibility index (Phi) is 6.06. The highest BCUT2D eigenvalue weighted by atomic mass is 19.1. The minimum absolute atomic E-state index is 0.0838. The molecule has 0 saturated heterocycles. The van der Waals surface area contributed by atoms with Crippen LogP contribution in [0.1, 0.15) is 33.3 Å². The fourth-order valence-electron chi connectivity index (χ4n) is 2.59. The molecule has 0 aliphatic carbocycles. The van der Waals surface area contributed by atoms with Crippen LogP contribution in [0.5, 0.6) is 0 Å². The number of nitrogens with one attached hydrogen (secondary N) is 2. The molecule has 28 heavy (non-hydrogen) atoms. The number of amides is 1. The lowest BCUT2D eigenvalue weighted by molar-refractivity contribution is 0.100. The van der Waals surface area contributed by atoms with Crippen LogP contribution < -0.4 is 10.6 Å². The van der Waals surface area contributed by atoms with Crippen LogP contribution in [0, 0.1) is 5.82 Å². The first kappa shape index (κ1) is 19.2. The van der Waals surface area contributed by atoms with E-state index in [1.807, 2.05) is 0 Å². The predicted octanol–water partition coefficient (Wildman–Crippen LogP) is 3.73. The van der Waals surface area contributed by atoms with Crippen LogP contribution in [0.2, 0.25) is 0 Å². The second-order valence-electron chi connectivity index (χ2n) is 6.12. The van der Waals surface area contributed by atoms with Crippen LogP contribution in [0.4, 0.5) is 16.0 Å². The van der Waals surface area contributed by atoms with Crippen molar-refractivity contribution >= 4 is 23.3 Å². The van der Waals surface area contributed by atoms with Crippen molar-refractivity contribution < 1.29 is 14.0 Å². The molecular formula is C21H19FN4O2. The number of benzene rings is 2. The van der Waals surface area contributed by atoms with Gasteiger partial charge >= 0.3 is 0 Å². The van der Waals surface area contributed by atoms with Crippen LogP contribution in [-0.2, 0) is 6.42 Å². The lowest BCUT2D eigenvalue weighted by Crippen LogP contribution is -2.16. The van der Waals surface area contributed by atoms with Crippen molar-refractivity contribution in [2.45, 2.75) is 13.3 Å². The highest BCUT2D eigenvalue weighted by molar-refractivity contribution is 6.04. The van der Waals surface area contributed by atoms with Crippen molar-refractivity contribution in [1.82, 2.24) is 9.97 Å². The zero-order chi connectivity index (χ0) is 19.9. The van der Waals surface area contributed by atoms with Crippen LogP contribution >= 0.6 is 0 Å². The first-order chi connectivity index (χ1) is 13.5. The maximum absolute atomic E-state index is 13.6. The Morgan fingerprint density at radius 2 is 1.89 bits per heavy atom. The molecule has 6 nitrogen and oxygen atoms in total. The van der Waals surface area contributed by atoms with Gasteiger partial charge < -0.3 is 10.6 Å².